The van der Waals surface area contributed by atoms with Crippen LogP contribution in [0, 0.1) is 0 Å². The maximum absolute atomic E-state index is 12.5. The van der Waals surface area contributed by atoms with Gasteiger partial charge in [-0.1, -0.05) is 0 Å². The van der Waals surface area contributed by atoms with Crippen molar-refractivity contribution in [3.8, 4) is 0 Å². The molecule has 0 spiro atoms. The highest BCUT2D eigenvalue weighted by Crippen LogP contribution is 2.30. The van der Waals surface area contributed by atoms with Gasteiger partial charge in [0.05, 0.1) is 16.6 Å². The van der Waals surface area contributed by atoms with Crippen molar-refractivity contribution in [1.29, 1.82) is 0 Å². The lowest BCUT2D eigenvalue weighted by Gasteiger charge is -2.05. The normalized spacial score (nSPS) is 12.4. The van der Waals surface area contributed by atoms with E-state index in [0.29, 0.717) is 5.52 Å². The van der Waals surface area contributed by atoms with Gasteiger partial charge in [-0.05, 0) is 24.3 Å². The molecule has 2 aromatic rings. The molecular weight excluding hydrogens is 249 g/mol. The summed E-state index contributed by atoms with van der Waals surface area (Å²) < 4.78 is 37.4. The summed E-state index contributed by atoms with van der Waals surface area (Å²) in [6, 6.07) is 3.08. The van der Waals surface area contributed by atoms with Gasteiger partial charge in [0.15, 0.2) is 0 Å². The summed E-state index contributed by atoms with van der Waals surface area (Å²) in [4.78, 5) is 16.8. The summed E-state index contributed by atoms with van der Waals surface area (Å²) in [6.07, 6.45) is -2.39. The monoisotopic (exact) mass is 256 g/mol. The van der Waals surface area contributed by atoms with E-state index in [1.807, 2.05) is 0 Å². The Morgan fingerprint density at radius 3 is 2.72 bits per heavy atom. The number of hydrogen-bond acceptors (Lipinski definition) is 2. The highest BCUT2D eigenvalue weighted by molar-refractivity contribution is 5.86. The molecule has 0 aliphatic carbocycles. The second kappa shape index (κ2) is 4.17. The number of nitrogens with zero attached hydrogens (tertiary/aromatic N) is 1. The van der Waals surface area contributed by atoms with Gasteiger partial charge in [0, 0.05) is 6.08 Å². The van der Waals surface area contributed by atoms with Gasteiger partial charge in [-0.15, -0.1) is 0 Å². The van der Waals surface area contributed by atoms with Gasteiger partial charge in [-0.3, -0.25) is 0 Å². The number of halogens is 3. The second-order valence-electron chi connectivity index (χ2n) is 3.52. The number of aliphatic carboxylic acids is 1. The molecule has 0 aliphatic heterocycles. The summed E-state index contributed by atoms with van der Waals surface area (Å²) in [5.41, 5.74) is -0.240. The number of nitrogens with one attached hydrogen (secondary N) is 1. The fraction of sp³-hybridized carbons (Fsp3) is 0.0909. The average molecular weight is 256 g/mol. The van der Waals surface area contributed by atoms with Crippen LogP contribution in [-0.2, 0) is 11.0 Å². The number of aromatic nitrogens is 2. The molecule has 0 saturated carbocycles. The molecule has 0 fully saturated rings. The van der Waals surface area contributed by atoms with E-state index in [0.717, 1.165) is 18.2 Å². The number of carboxylic acids is 1. The third kappa shape index (κ3) is 2.50. The Hall–Kier alpha value is -2.31. The lowest BCUT2D eigenvalue weighted by molar-refractivity contribution is -0.137. The maximum Gasteiger partial charge on any atom is 0.416 e. The third-order valence-electron chi connectivity index (χ3n) is 2.21. The zero-order chi connectivity index (χ0) is 13.3. The molecule has 0 radical (unpaired) electrons. The number of alkyl halides is 3. The molecular formula is C11H7F3N2O2. The van der Waals surface area contributed by atoms with E-state index in [4.69, 9.17) is 5.11 Å². The van der Waals surface area contributed by atoms with Crippen LogP contribution < -0.4 is 0 Å². The van der Waals surface area contributed by atoms with Gasteiger partial charge in [0.2, 0.25) is 0 Å². The van der Waals surface area contributed by atoms with Crippen LogP contribution in [-0.4, -0.2) is 21.0 Å². The van der Waals surface area contributed by atoms with E-state index in [-0.39, 0.29) is 11.3 Å². The number of benzene rings is 1. The summed E-state index contributed by atoms with van der Waals surface area (Å²) in [5.74, 6) is -0.974. The number of hydrogen-bond donors (Lipinski definition) is 2. The Balaban J connectivity index is 2.43. The SMILES string of the molecule is O=C(O)/C=C/c1nc2ccc(C(F)(F)F)cc2[nH]1. The average Bonchev–Trinajstić information content (AvgIpc) is 2.66. The van der Waals surface area contributed by atoms with Crippen LogP contribution in [0.4, 0.5) is 13.2 Å². The molecule has 0 amide bonds. The molecule has 0 aliphatic rings. The molecule has 1 aromatic carbocycles. The summed E-state index contributed by atoms with van der Waals surface area (Å²) in [7, 11) is 0. The third-order valence-corrected chi connectivity index (χ3v) is 2.21. The molecule has 0 atom stereocenters. The zero-order valence-corrected chi connectivity index (χ0v) is 8.82. The number of fused-ring (bicyclic) bond motifs is 1. The summed E-state index contributed by atoms with van der Waals surface area (Å²) in [5, 5.41) is 8.42. The quantitative estimate of drug-likeness (QED) is 0.812. The van der Waals surface area contributed by atoms with Crippen molar-refractivity contribution in [2.24, 2.45) is 0 Å². The van der Waals surface area contributed by atoms with Crippen LogP contribution >= 0.6 is 0 Å². The molecule has 0 saturated heterocycles. The Morgan fingerprint density at radius 2 is 2.11 bits per heavy atom. The van der Waals surface area contributed by atoms with Crippen molar-refractivity contribution in [3.05, 3.63) is 35.7 Å². The minimum absolute atomic E-state index is 0.187. The van der Waals surface area contributed by atoms with E-state index in [2.05, 4.69) is 9.97 Å². The van der Waals surface area contributed by atoms with Crippen molar-refractivity contribution < 1.29 is 23.1 Å². The molecule has 2 N–H and O–H groups in total. The molecule has 0 unspecified atom stereocenters. The second-order valence-corrected chi connectivity index (χ2v) is 3.52. The van der Waals surface area contributed by atoms with Crippen LogP contribution in [0.25, 0.3) is 17.1 Å². The Kier molecular flexibility index (Phi) is 2.82. The Bertz CT molecular complexity index is 629. The molecule has 1 heterocycles. The molecule has 2 rings (SSSR count). The fourth-order valence-electron chi connectivity index (χ4n) is 1.43. The Labute approximate surface area is 98.8 Å². The predicted octanol–water partition coefficient (Wildman–Crippen LogP) is 2.68. The molecule has 94 valence electrons. The highest BCUT2D eigenvalue weighted by atomic mass is 19.4. The number of imidazole rings is 1. The molecule has 0 bridgehead atoms. The van der Waals surface area contributed by atoms with Crippen LogP contribution in [0.2, 0.25) is 0 Å². The first-order chi connectivity index (χ1) is 8.36. The maximum atomic E-state index is 12.5. The Morgan fingerprint density at radius 1 is 1.39 bits per heavy atom. The van der Waals surface area contributed by atoms with Gasteiger partial charge in [-0.2, -0.15) is 13.2 Å². The van der Waals surface area contributed by atoms with Crippen LogP contribution in [0.15, 0.2) is 24.3 Å². The minimum Gasteiger partial charge on any atom is -0.478 e. The molecule has 7 heteroatoms. The van der Waals surface area contributed by atoms with E-state index in [9.17, 15) is 18.0 Å². The first kappa shape index (κ1) is 12.2. The number of aromatic amines is 1. The summed E-state index contributed by atoms with van der Waals surface area (Å²) in [6.45, 7) is 0. The lowest BCUT2D eigenvalue weighted by atomic mass is 10.2. The van der Waals surface area contributed by atoms with E-state index >= 15 is 0 Å². The topological polar surface area (TPSA) is 66.0 Å². The molecule has 18 heavy (non-hydrogen) atoms. The van der Waals surface area contributed by atoms with Crippen molar-refractivity contribution in [1.82, 2.24) is 9.97 Å². The van der Waals surface area contributed by atoms with E-state index < -0.39 is 17.7 Å². The van der Waals surface area contributed by atoms with Crippen molar-refractivity contribution in [3.63, 3.8) is 0 Å². The standard InChI is InChI=1S/C11H7F3N2O2/c12-11(13,14)6-1-2-7-8(5-6)16-9(15-7)3-4-10(17)18/h1-5H,(H,15,16)(H,17,18)/b4-3+. The minimum atomic E-state index is -4.42. The van der Waals surface area contributed by atoms with Crippen LogP contribution in [0.3, 0.4) is 0 Å². The number of H-pyrrole nitrogens is 1. The van der Waals surface area contributed by atoms with Gasteiger partial charge >= 0.3 is 12.1 Å². The lowest BCUT2D eigenvalue weighted by Crippen LogP contribution is -2.04. The van der Waals surface area contributed by atoms with Gasteiger partial charge in [0.1, 0.15) is 5.82 Å². The van der Waals surface area contributed by atoms with Crippen LogP contribution in [0.1, 0.15) is 11.4 Å². The molecule has 4 nitrogen and oxygen atoms in total. The van der Waals surface area contributed by atoms with Gasteiger partial charge in [0.25, 0.3) is 0 Å². The first-order valence-electron chi connectivity index (χ1n) is 4.84. The largest absolute Gasteiger partial charge is 0.478 e. The number of rotatable bonds is 2. The zero-order valence-electron chi connectivity index (χ0n) is 8.82. The smallest absolute Gasteiger partial charge is 0.416 e. The summed E-state index contributed by atoms with van der Waals surface area (Å²) >= 11 is 0. The van der Waals surface area contributed by atoms with Crippen molar-refractivity contribution in [2.45, 2.75) is 6.18 Å². The van der Waals surface area contributed by atoms with E-state index in [1.54, 1.807) is 0 Å². The fourth-order valence-corrected chi connectivity index (χ4v) is 1.43. The van der Waals surface area contributed by atoms with Crippen LogP contribution in [0.5, 0.6) is 0 Å². The van der Waals surface area contributed by atoms with Gasteiger partial charge < -0.3 is 10.1 Å². The first-order valence-corrected chi connectivity index (χ1v) is 4.84. The predicted molar refractivity (Wildman–Crippen MR) is 57.8 cm³/mol. The number of carbonyl (C=O) groups is 1. The molecule has 1 aromatic heterocycles. The highest BCUT2D eigenvalue weighted by Gasteiger charge is 2.30. The van der Waals surface area contributed by atoms with Crippen molar-refractivity contribution >= 4 is 23.1 Å². The van der Waals surface area contributed by atoms with E-state index in [1.165, 1.54) is 12.1 Å². The number of carboxylic acid groups (broad SMARTS) is 1. The van der Waals surface area contributed by atoms with Crippen molar-refractivity contribution in [2.75, 3.05) is 0 Å². The van der Waals surface area contributed by atoms with Gasteiger partial charge in [-0.25, -0.2) is 9.78 Å².